The molecule has 1 saturated heterocycles. The maximum Gasteiger partial charge on any atom is 0.328 e. The Morgan fingerprint density at radius 1 is 1.33 bits per heavy atom. The zero-order valence-electron chi connectivity index (χ0n) is 15.8. The van der Waals surface area contributed by atoms with Gasteiger partial charge in [0.25, 0.3) is 0 Å². The Labute approximate surface area is 158 Å². The molecule has 1 aliphatic rings. The van der Waals surface area contributed by atoms with Crippen molar-refractivity contribution in [1.29, 1.82) is 0 Å². The number of H-pyrrole nitrogens is 1. The monoisotopic (exact) mass is 360 g/mol. The van der Waals surface area contributed by atoms with Crippen LogP contribution in [0.1, 0.15) is 24.5 Å². The highest BCUT2D eigenvalue weighted by molar-refractivity contribution is 5.79. The van der Waals surface area contributed by atoms with Gasteiger partial charge < -0.3 is 4.90 Å². The number of rotatable bonds is 5. The summed E-state index contributed by atoms with van der Waals surface area (Å²) < 4.78 is 1.73. The Morgan fingerprint density at radius 3 is 2.81 bits per heavy atom. The SMILES string of the molecule is C=C(Cn1c(=O)[nH]c2ncc(-c3ccc(/C=C/C)cc3C)cc21)N1CCC1. The molecule has 0 saturated carbocycles. The normalized spacial score (nSPS) is 14.1. The molecule has 0 radical (unpaired) electrons. The minimum atomic E-state index is -0.142. The van der Waals surface area contributed by atoms with Crippen LogP contribution >= 0.6 is 0 Å². The van der Waals surface area contributed by atoms with Gasteiger partial charge in [0.05, 0.1) is 12.1 Å². The zero-order valence-corrected chi connectivity index (χ0v) is 15.8. The Bertz CT molecular complexity index is 1100. The van der Waals surface area contributed by atoms with Gasteiger partial charge in [0, 0.05) is 30.5 Å². The van der Waals surface area contributed by atoms with Gasteiger partial charge in [-0.05, 0) is 43.0 Å². The number of likely N-dealkylation sites (tertiary alicyclic amines) is 1. The van der Waals surface area contributed by atoms with Gasteiger partial charge in [-0.1, -0.05) is 36.9 Å². The van der Waals surface area contributed by atoms with Crippen molar-refractivity contribution in [3.8, 4) is 11.1 Å². The lowest BCUT2D eigenvalue weighted by atomic mass is 9.99. The number of fused-ring (bicyclic) bond motifs is 1. The first-order valence-corrected chi connectivity index (χ1v) is 9.32. The first-order chi connectivity index (χ1) is 13.1. The van der Waals surface area contributed by atoms with Gasteiger partial charge in [-0.3, -0.25) is 9.55 Å². The van der Waals surface area contributed by atoms with Gasteiger partial charge in [-0.25, -0.2) is 9.78 Å². The van der Waals surface area contributed by atoms with Crippen molar-refractivity contribution in [2.24, 2.45) is 0 Å². The van der Waals surface area contributed by atoms with E-state index in [1.807, 2.05) is 25.3 Å². The van der Waals surface area contributed by atoms with Gasteiger partial charge in [-0.2, -0.15) is 0 Å². The van der Waals surface area contributed by atoms with E-state index in [9.17, 15) is 4.79 Å². The number of hydrogen-bond acceptors (Lipinski definition) is 3. The molecule has 1 N–H and O–H groups in total. The van der Waals surface area contributed by atoms with Gasteiger partial charge in [0.1, 0.15) is 0 Å². The molecule has 27 heavy (non-hydrogen) atoms. The van der Waals surface area contributed by atoms with Crippen LogP contribution in [0.15, 0.2) is 53.6 Å². The Kier molecular flexibility index (Phi) is 4.44. The maximum absolute atomic E-state index is 12.4. The number of hydrogen-bond donors (Lipinski definition) is 1. The van der Waals surface area contributed by atoms with E-state index in [0.717, 1.165) is 35.4 Å². The van der Waals surface area contributed by atoms with Gasteiger partial charge in [0.2, 0.25) is 0 Å². The molecule has 0 aliphatic carbocycles. The molecule has 0 amide bonds. The highest BCUT2D eigenvalue weighted by atomic mass is 16.1. The summed E-state index contributed by atoms with van der Waals surface area (Å²) in [6, 6.07) is 8.42. The molecule has 1 aliphatic heterocycles. The van der Waals surface area contributed by atoms with Crippen molar-refractivity contribution in [2.75, 3.05) is 13.1 Å². The van der Waals surface area contributed by atoms with E-state index in [0.29, 0.717) is 12.2 Å². The second-order valence-electron chi connectivity index (χ2n) is 7.09. The second kappa shape index (κ2) is 6.91. The van der Waals surface area contributed by atoms with Crippen molar-refractivity contribution in [3.63, 3.8) is 0 Å². The summed E-state index contributed by atoms with van der Waals surface area (Å²) in [5, 5.41) is 0. The number of nitrogens with one attached hydrogen (secondary N) is 1. The van der Waals surface area contributed by atoms with Crippen molar-refractivity contribution >= 4 is 17.2 Å². The molecule has 1 fully saturated rings. The van der Waals surface area contributed by atoms with E-state index in [4.69, 9.17) is 0 Å². The van der Waals surface area contributed by atoms with Crippen LogP contribution in [0.4, 0.5) is 0 Å². The summed E-state index contributed by atoms with van der Waals surface area (Å²) in [6.07, 6.45) is 7.13. The third-order valence-electron chi connectivity index (χ3n) is 5.19. The smallest absolute Gasteiger partial charge is 0.328 e. The summed E-state index contributed by atoms with van der Waals surface area (Å²) in [4.78, 5) is 22.0. The lowest BCUT2D eigenvalue weighted by Gasteiger charge is -2.34. The number of aromatic amines is 1. The van der Waals surface area contributed by atoms with Crippen LogP contribution in [0, 0.1) is 6.92 Å². The van der Waals surface area contributed by atoms with E-state index in [2.05, 4.69) is 52.6 Å². The van der Waals surface area contributed by atoms with Crippen molar-refractivity contribution in [1.82, 2.24) is 19.4 Å². The number of pyridine rings is 1. The molecule has 3 heterocycles. The van der Waals surface area contributed by atoms with E-state index in [1.165, 1.54) is 17.5 Å². The van der Waals surface area contributed by atoms with Gasteiger partial charge in [0.15, 0.2) is 5.65 Å². The molecule has 4 rings (SSSR count). The number of aromatic nitrogens is 3. The molecule has 0 unspecified atom stereocenters. The fourth-order valence-corrected chi connectivity index (χ4v) is 3.56. The van der Waals surface area contributed by atoms with Crippen molar-refractivity contribution < 1.29 is 0 Å². The minimum Gasteiger partial charge on any atom is -0.374 e. The zero-order chi connectivity index (χ0) is 19.0. The van der Waals surface area contributed by atoms with E-state index >= 15 is 0 Å². The molecule has 2 aromatic heterocycles. The highest BCUT2D eigenvalue weighted by Gasteiger charge is 2.18. The van der Waals surface area contributed by atoms with Crippen molar-refractivity contribution in [3.05, 3.63) is 70.4 Å². The molecule has 0 atom stereocenters. The molecule has 5 heteroatoms. The highest BCUT2D eigenvalue weighted by Crippen LogP contribution is 2.26. The number of allylic oxidation sites excluding steroid dienone is 2. The first kappa shape index (κ1) is 17.3. The average molecular weight is 360 g/mol. The van der Waals surface area contributed by atoms with Crippen LogP contribution < -0.4 is 5.69 Å². The van der Waals surface area contributed by atoms with Crippen LogP contribution in [0.5, 0.6) is 0 Å². The Balaban J connectivity index is 1.74. The van der Waals surface area contributed by atoms with Crippen LogP contribution in [-0.4, -0.2) is 32.5 Å². The molecular weight excluding hydrogens is 336 g/mol. The van der Waals surface area contributed by atoms with Gasteiger partial charge in [-0.15, -0.1) is 0 Å². The lowest BCUT2D eigenvalue weighted by molar-refractivity contribution is 0.228. The lowest BCUT2D eigenvalue weighted by Crippen LogP contribution is -2.38. The average Bonchev–Trinajstić information content (AvgIpc) is 2.89. The topological polar surface area (TPSA) is 53.9 Å². The van der Waals surface area contributed by atoms with E-state index < -0.39 is 0 Å². The van der Waals surface area contributed by atoms with Crippen LogP contribution in [0.3, 0.4) is 0 Å². The molecule has 0 spiro atoms. The van der Waals surface area contributed by atoms with Crippen molar-refractivity contribution in [2.45, 2.75) is 26.8 Å². The van der Waals surface area contributed by atoms with Crippen LogP contribution in [-0.2, 0) is 6.54 Å². The summed E-state index contributed by atoms with van der Waals surface area (Å²) in [7, 11) is 0. The fourth-order valence-electron chi connectivity index (χ4n) is 3.56. The molecule has 3 aromatic rings. The Hall–Kier alpha value is -3.08. The predicted octanol–water partition coefficient (Wildman–Crippen LogP) is 3.95. The van der Waals surface area contributed by atoms with Crippen LogP contribution in [0.25, 0.3) is 28.4 Å². The van der Waals surface area contributed by atoms with Gasteiger partial charge >= 0.3 is 5.69 Å². The Morgan fingerprint density at radius 2 is 2.15 bits per heavy atom. The third-order valence-corrected chi connectivity index (χ3v) is 5.19. The largest absolute Gasteiger partial charge is 0.374 e. The first-order valence-electron chi connectivity index (χ1n) is 9.32. The van der Waals surface area contributed by atoms with E-state index in [-0.39, 0.29) is 5.69 Å². The third kappa shape index (κ3) is 3.21. The molecule has 1 aromatic carbocycles. The molecular formula is C22H24N4O. The number of nitrogens with zero attached hydrogens (tertiary/aromatic N) is 3. The number of aryl methyl sites for hydroxylation is 1. The fraction of sp³-hybridized carbons (Fsp3) is 0.273. The second-order valence-corrected chi connectivity index (χ2v) is 7.09. The summed E-state index contributed by atoms with van der Waals surface area (Å²) in [5.41, 5.74) is 6.75. The molecule has 138 valence electrons. The quantitative estimate of drug-likeness (QED) is 0.749. The standard InChI is InChI=1S/C22H24N4O/c1-4-6-17-7-8-19(15(2)11-17)18-12-20-21(23-13-18)24-22(27)26(20)14-16(3)25-9-5-10-25/h4,6-8,11-13H,3,5,9-10,14H2,1-2H3,(H,23,24,27)/b6-4+. The summed E-state index contributed by atoms with van der Waals surface area (Å²) in [5.74, 6) is 0. The minimum absolute atomic E-state index is 0.142. The van der Waals surface area contributed by atoms with E-state index in [1.54, 1.807) is 4.57 Å². The number of benzene rings is 1. The maximum atomic E-state index is 12.4. The summed E-state index contributed by atoms with van der Waals surface area (Å²) >= 11 is 0. The summed E-state index contributed by atoms with van der Waals surface area (Å²) in [6.45, 7) is 10.8. The van der Waals surface area contributed by atoms with Crippen LogP contribution in [0.2, 0.25) is 0 Å². The number of imidazole rings is 1. The predicted molar refractivity (Wildman–Crippen MR) is 111 cm³/mol. The molecule has 5 nitrogen and oxygen atoms in total. The molecule has 0 bridgehead atoms.